The zero-order valence-corrected chi connectivity index (χ0v) is 17.7. The molecule has 0 fully saturated rings. The van der Waals surface area contributed by atoms with Crippen LogP contribution in [0.1, 0.15) is 25.2 Å². The summed E-state index contributed by atoms with van der Waals surface area (Å²) in [5, 5.41) is 8.25. The van der Waals surface area contributed by atoms with Crippen LogP contribution in [-0.4, -0.2) is 21.6 Å². The van der Waals surface area contributed by atoms with Gasteiger partial charge >= 0.3 is 0 Å². The van der Waals surface area contributed by atoms with Crippen LogP contribution in [0.25, 0.3) is 20.7 Å². The van der Waals surface area contributed by atoms with Gasteiger partial charge in [0.1, 0.15) is 10.7 Å². The van der Waals surface area contributed by atoms with E-state index in [4.69, 9.17) is 0 Å². The number of rotatable bonds is 5. The number of nitrogens with zero attached hydrogens (tertiary/aromatic N) is 3. The number of aryl methyl sites for hydroxylation is 1. The minimum Gasteiger partial charge on any atom is -0.326 e. The molecular formula is C23H21N5OS. The summed E-state index contributed by atoms with van der Waals surface area (Å²) in [6, 6.07) is 19.9. The predicted octanol–water partition coefficient (Wildman–Crippen LogP) is 5.46. The number of hydrazone groups is 1. The second-order valence-electron chi connectivity index (χ2n) is 6.89. The van der Waals surface area contributed by atoms with Gasteiger partial charge in [0.15, 0.2) is 5.82 Å². The lowest BCUT2D eigenvalue weighted by Crippen LogP contribution is -2.07. The first-order chi connectivity index (χ1) is 14.5. The average Bonchev–Trinajstić information content (AvgIpc) is 3.16. The van der Waals surface area contributed by atoms with Crippen molar-refractivity contribution in [1.82, 2.24) is 9.97 Å². The number of carbonyl (C=O) groups excluding carboxylic acids is 1. The molecule has 0 atom stereocenters. The van der Waals surface area contributed by atoms with E-state index < -0.39 is 0 Å². The summed E-state index contributed by atoms with van der Waals surface area (Å²) in [6.07, 6.45) is 0. The molecule has 0 saturated carbocycles. The lowest BCUT2D eigenvalue weighted by atomic mass is 10.1. The molecule has 6 nitrogen and oxygen atoms in total. The fourth-order valence-electron chi connectivity index (χ4n) is 3.08. The lowest BCUT2D eigenvalue weighted by Gasteiger charge is -2.07. The van der Waals surface area contributed by atoms with E-state index in [0.29, 0.717) is 11.6 Å². The van der Waals surface area contributed by atoms with E-state index in [9.17, 15) is 4.79 Å². The van der Waals surface area contributed by atoms with Crippen molar-refractivity contribution in [2.24, 2.45) is 5.10 Å². The van der Waals surface area contributed by atoms with Crippen LogP contribution in [0.2, 0.25) is 0 Å². The van der Waals surface area contributed by atoms with E-state index in [-0.39, 0.29) is 5.91 Å². The minimum absolute atomic E-state index is 0.106. The molecule has 4 aromatic rings. The van der Waals surface area contributed by atoms with Crippen molar-refractivity contribution in [3.63, 3.8) is 0 Å². The number of anilines is 2. The fourth-order valence-corrected chi connectivity index (χ4v) is 4.17. The number of hydrogen-bond donors (Lipinski definition) is 2. The normalized spacial score (nSPS) is 11.5. The topological polar surface area (TPSA) is 79.3 Å². The van der Waals surface area contributed by atoms with E-state index in [0.717, 1.165) is 37.6 Å². The number of hydrogen-bond acceptors (Lipinski definition) is 6. The lowest BCUT2D eigenvalue weighted by molar-refractivity contribution is -0.114. The summed E-state index contributed by atoms with van der Waals surface area (Å²) in [4.78, 5) is 22.5. The van der Waals surface area contributed by atoms with Gasteiger partial charge in [-0.1, -0.05) is 42.5 Å². The van der Waals surface area contributed by atoms with E-state index in [1.54, 1.807) is 11.3 Å². The Morgan fingerprint density at radius 3 is 2.57 bits per heavy atom. The first kappa shape index (κ1) is 19.7. The molecule has 0 saturated heterocycles. The summed E-state index contributed by atoms with van der Waals surface area (Å²) < 4.78 is 0. The molecule has 0 bridgehead atoms. The summed E-state index contributed by atoms with van der Waals surface area (Å²) in [5.41, 5.74) is 6.69. The smallest absolute Gasteiger partial charge is 0.221 e. The van der Waals surface area contributed by atoms with Gasteiger partial charge in [-0.15, -0.1) is 11.3 Å². The van der Waals surface area contributed by atoms with Crippen LogP contribution in [0.5, 0.6) is 0 Å². The minimum atomic E-state index is -0.106. The Balaban J connectivity index is 1.65. The fraction of sp³-hybridized carbons (Fsp3) is 0.130. The zero-order valence-electron chi connectivity index (χ0n) is 16.9. The largest absolute Gasteiger partial charge is 0.326 e. The number of thiophene rings is 1. The van der Waals surface area contributed by atoms with Gasteiger partial charge in [-0.3, -0.25) is 10.2 Å². The summed E-state index contributed by atoms with van der Waals surface area (Å²) in [5.74, 6) is 1.26. The first-order valence-corrected chi connectivity index (χ1v) is 10.3. The third-order valence-corrected chi connectivity index (χ3v) is 5.57. The standard InChI is InChI=1S/C23H21N5OS/c1-14(18-10-7-11-19(12-18)26-16(3)29)27-28-22-20-13-21(17-8-5-4-6-9-17)30-23(20)25-15(2)24-22/h4-13H,1-3H3,(H,26,29)(H,24,25,28)/b27-14-. The summed E-state index contributed by atoms with van der Waals surface area (Å²) in [6.45, 7) is 5.27. The Bertz CT molecular complexity index is 1250. The van der Waals surface area contributed by atoms with Crippen molar-refractivity contribution in [1.29, 1.82) is 0 Å². The zero-order chi connectivity index (χ0) is 21.1. The van der Waals surface area contributed by atoms with Crippen LogP contribution in [-0.2, 0) is 4.79 Å². The molecule has 7 heteroatoms. The highest BCUT2D eigenvalue weighted by atomic mass is 32.1. The number of amides is 1. The second-order valence-corrected chi connectivity index (χ2v) is 7.92. The number of benzene rings is 2. The molecule has 150 valence electrons. The molecule has 2 N–H and O–H groups in total. The van der Waals surface area contributed by atoms with E-state index in [2.05, 4.69) is 44.0 Å². The monoisotopic (exact) mass is 415 g/mol. The van der Waals surface area contributed by atoms with Gasteiger partial charge < -0.3 is 5.32 Å². The summed E-state index contributed by atoms with van der Waals surface area (Å²) in [7, 11) is 0. The Morgan fingerprint density at radius 2 is 1.80 bits per heavy atom. The molecule has 0 aliphatic heterocycles. The maximum absolute atomic E-state index is 11.3. The molecule has 0 aliphatic rings. The molecule has 2 aromatic heterocycles. The van der Waals surface area contributed by atoms with Crippen molar-refractivity contribution < 1.29 is 4.79 Å². The SMILES string of the molecule is CC(=O)Nc1cccc(/C(C)=N\Nc2nc(C)nc3sc(-c4ccccc4)cc23)c1. The van der Waals surface area contributed by atoms with Crippen molar-refractivity contribution in [3.05, 3.63) is 72.1 Å². The van der Waals surface area contributed by atoms with Crippen molar-refractivity contribution in [2.75, 3.05) is 10.7 Å². The number of aromatic nitrogens is 2. The van der Waals surface area contributed by atoms with Gasteiger partial charge in [0, 0.05) is 17.5 Å². The highest BCUT2D eigenvalue weighted by Crippen LogP contribution is 2.35. The maximum Gasteiger partial charge on any atom is 0.221 e. The second kappa shape index (κ2) is 8.42. The van der Waals surface area contributed by atoms with Crippen LogP contribution in [0.15, 0.2) is 65.8 Å². The number of fused-ring (bicyclic) bond motifs is 1. The van der Waals surface area contributed by atoms with Crippen molar-refractivity contribution in [2.45, 2.75) is 20.8 Å². The molecular weight excluding hydrogens is 394 g/mol. The molecule has 0 aliphatic carbocycles. The van der Waals surface area contributed by atoms with Gasteiger partial charge in [0.25, 0.3) is 0 Å². The van der Waals surface area contributed by atoms with Gasteiger partial charge in [-0.2, -0.15) is 5.10 Å². The van der Waals surface area contributed by atoms with Gasteiger partial charge in [-0.25, -0.2) is 9.97 Å². The van der Waals surface area contributed by atoms with E-state index in [1.165, 1.54) is 6.92 Å². The van der Waals surface area contributed by atoms with Crippen LogP contribution in [0.3, 0.4) is 0 Å². The highest BCUT2D eigenvalue weighted by molar-refractivity contribution is 7.21. The average molecular weight is 416 g/mol. The molecule has 0 radical (unpaired) electrons. The van der Waals surface area contributed by atoms with E-state index in [1.807, 2.05) is 56.3 Å². The van der Waals surface area contributed by atoms with Gasteiger partial charge in [0.05, 0.1) is 11.1 Å². The van der Waals surface area contributed by atoms with Crippen LogP contribution in [0, 0.1) is 6.92 Å². The highest BCUT2D eigenvalue weighted by Gasteiger charge is 2.11. The first-order valence-electron chi connectivity index (χ1n) is 9.51. The van der Waals surface area contributed by atoms with E-state index >= 15 is 0 Å². The molecule has 2 aromatic carbocycles. The molecule has 30 heavy (non-hydrogen) atoms. The van der Waals surface area contributed by atoms with Crippen LogP contribution >= 0.6 is 11.3 Å². The summed E-state index contributed by atoms with van der Waals surface area (Å²) >= 11 is 1.64. The van der Waals surface area contributed by atoms with Crippen LogP contribution in [0.4, 0.5) is 11.5 Å². The molecule has 0 unspecified atom stereocenters. The Labute approximate surface area is 178 Å². The van der Waals surface area contributed by atoms with Crippen molar-refractivity contribution in [3.8, 4) is 10.4 Å². The van der Waals surface area contributed by atoms with Gasteiger partial charge in [-0.05, 0) is 43.2 Å². The number of carbonyl (C=O) groups is 1. The molecule has 4 rings (SSSR count). The Hall–Kier alpha value is -3.58. The van der Waals surface area contributed by atoms with Gasteiger partial charge in [0.2, 0.25) is 5.91 Å². The van der Waals surface area contributed by atoms with Crippen LogP contribution < -0.4 is 10.7 Å². The maximum atomic E-state index is 11.3. The third kappa shape index (κ3) is 4.36. The predicted molar refractivity (Wildman–Crippen MR) is 124 cm³/mol. The van der Waals surface area contributed by atoms with Crippen molar-refractivity contribution >= 4 is 44.7 Å². The molecule has 0 spiro atoms. The Kier molecular flexibility index (Phi) is 5.54. The molecule has 2 heterocycles. The quantitative estimate of drug-likeness (QED) is 0.335. The third-order valence-electron chi connectivity index (χ3n) is 4.49. The number of nitrogens with one attached hydrogen (secondary N) is 2. The molecule has 1 amide bonds. The Morgan fingerprint density at radius 1 is 1.00 bits per heavy atom.